The van der Waals surface area contributed by atoms with Crippen LogP contribution >= 0.6 is 39.7 Å². The molecule has 0 aliphatic carbocycles. The quantitative estimate of drug-likeness (QED) is 0.0213. The summed E-state index contributed by atoms with van der Waals surface area (Å²) < 4.78 is 34.3. The van der Waals surface area contributed by atoms with Crippen LogP contribution in [0.5, 0.6) is 0 Å². The van der Waals surface area contributed by atoms with E-state index in [1.807, 2.05) is 21.1 Å². The van der Waals surface area contributed by atoms with Crippen molar-refractivity contribution in [3.05, 3.63) is 0 Å². The number of hydrogen-bond donors (Lipinski definition) is 1. The van der Waals surface area contributed by atoms with Gasteiger partial charge in [0.2, 0.25) is 0 Å². The van der Waals surface area contributed by atoms with Crippen LogP contribution < -0.4 is 0 Å². The third-order valence-corrected chi connectivity index (χ3v) is 13.6. The first-order chi connectivity index (χ1) is 25.8. The summed E-state index contributed by atoms with van der Waals surface area (Å²) in [6.45, 7) is 4.40. The van der Waals surface area contributed by atoms with E-state index in [4.69, 9.17) is 18.5 Å². The molecule has 0 fully saturated rings. The van der Waals surface area contributed by atoms with Crippen LogP contribution in [0, 0.1) is 0 Å². The van der Waals surface area contributed by atoms with Crippen molar-refractivity contribution in [2.45, 2.75) is 209 Å². The normalized spacial score (nSPS) is 14.7. The van der Waals surface area contributed by atoms with Gasteiger partial charge in [-0.05, 0) is 25.7 Å². The maximum Gasteiger partial charge on any atom is 0.472 e. The van der Waals surface area contributed by atoms with E-state index in [1.54, 1.807) is 0 Å². The van der Waals surface area contributed by atoms with Gasteiger partial charge in [0, 0.05) is 22.5 Å². The highest BCUT2D eigenvalue weighted by Gasteiger charge is 2.27. The summed E-state index contributed by atoms with van der Waals surface area (Å²) in [6, 6.07) is 0. The number of hydrogen-bond acceptors (Lipinski definition) is 7. The predicted molar refractivity (Wildman–Crippen MR) is 232 cm³/mol. The molecule has 0 aliphatic rings. The van der Waals surface area contributed by atoms with Gasteiger partial charge in [0.05, 0.1) is 27.7 Å². The summed E-state index contributed by atoms with van der Waals surface area (Å²) in [5.41, 5.74) is 0. The fraction of sp³-hybridized carbons (Fsp3) is 0.952. The van der Waals surface area contributed by atoms with Gasteiger partial charge in [-0.2, -0.15) is 0 Å². The third-order valence-electron chi connectivity index (χ3n) is 9.74. The first-order valence-corrected chi connectivity index (χ1v) is 25.2. The molecule has 0 saturated heterocycles. The number of rotatable bonds is 40. The van der Waals surface area contributed by atoms with E-state index >= 15 is 0 Å². The van der Waals surface area contributed by atoms with Gasteiger partial charge in [0.1, 0.15) is 19.8 Å². The number of phosphoric ester groups is 1. The van der Waals surface area contributed by atoms with Crippen LogP contribution in [0.3, 0.4) is 0 Å². The smallest absolute Gasteiger partial charge is 0.462 e. The Morgan fingerprint density at radius 1 is 0.574 bits per heavy atom. The number of alkyl halides is 2. The van der Waals surface area contributed by atoms with Crippen molar-refractivity contribution in [2.75, 3.05) is 47.5 Å². The number of quaternary nitrogens is 1. The second-order valence-corrected chi connectivity index (χ2v) is 20.1. The Kier molecular flexibility index (Phi) is 36.1. The largest absolute Gasteiger partial charge is 0.472 e. The second-order valence-electron chi connectivity index (χ2n) is 16.3. The van der Waals surface area contributed by atoms with Crippen molar-refractivity contribution < 1.29 is 42.1 Å². The molecule has 1 N–H and O–H groups in total. The summed E-state index contributed by atoms with van der Waals surface area (Å²) in [4.78, 5) is 36.4. The lowest BCUT2D eigenvalue weighted by Gasteiger charge is -2.24. The van der Waals surface area contributed by atoms with Crippen molar-refractivity contribution in [2.24, 2.45) is 0 Å². The van der Waals surface area contributed by atoms with Gasteiger partial charge < -0.3 is 18.9 Å². The average Bonchev–Trinajstić information content (AvgIpc) is 3.11. The Morgan fingerprint density at radius 3 is 1.39 bits per heavy atom. The van der Waals surface area contributed by atoms with Crippen LogP contribution in [-0.4, -0.2) is 84.6 Å². The Morgan fingerprint density at radius 2 is 0.963 bits per heavy atom. The molecule has 9 nitrogen and oxygen atoms in total. The van der Waals surface area contributed by atoms with E-state index in [0.29, 0.717) is 27.1 Å². The van der Waals surface area contributed by atoms with Crippen molar-refractivity contribution in [3.63, 3.8) is 0 Å². The molecule has 54 heavy (non-hydrogen) atoms. The summed E-state index contributed by atoms with van der Waals surface area (Å²) in [5, 5.41) is 0. The summed E-state index contributed by atoms with van der Waals surface area (Å²) in [7, 11) is 1.47. The first kappa shape index (κ1) is 54.0. The van der Waals surface area contributed by atoms with E-state index in [2.05, 4.69) is 45.7 Å². The van der Waals surface area contributed by atoms with Crippen LogP contribution in [0.15, 0.2) is 0 Å². The van der Waals surface area contributed by atoms with E-state index in [-0.39, 0.29) is 32.0 Å². The molecule has 0 aromatic carbocycles. The van der Waals surface area contributed by atoms with E-state index in [1.165, 1.54) is 109 Å². The zero-order valence-electron chi connectivity index (χ0n) is 35.3. The minimum Gasteiger partial charge on any atom is -0.462 e. The molecule has 12 heteroatoms. The van der Waals surface area contributed by atoms with Crippen molar-refractivity contribution in [1.82, 2.24) is 0 Å². The van der Waals surface area contributed by atoms with Gasteiger partial charge in [0.25, 0.3) is 0 Å². The van der Waals surface area contributed by atoms with Gasteiger partial charge in [-0.3, -0.25) is 18.6 Å². The topological polar surface area (TPSA) is 108 Å². The minimum absolute atomic E-state index is 0.0305. The van der Waals surface area contributed by atoms with Crippen LogP contribution in [0.1, 0.15) is 194 Å². The number of carbonyl (C=O) groups excluding carboxylic acids is 2. The minimum atomic E-state index is -4.38. The number of carbonyl (C=O) groups is 2. The van der Waals surface area contributed by atoms with Crippen molar-refractivity contribution >= 4 is 51.6 Å². The van der Waals surface area contributed by atoms with E-state index in [0.717, 1.165) is 51.4 Å². The predicted octanol–water partition coefficient (Wildman–Crippen LogP) is 12.8. The van der Waals surface area contributed by atoms with Crippen LogP contribution in [0.2, 0.25) is 0 Å². The lowest BCUT2D eigenvalue weighted by atomic mass is 10.0. The van der Waals surface area contributed by atoms with Gasteiger partial charge in [-0.1, -0.05) is 187 Å². The third kappa shape index (κ3) is 37.5. The second kappa shape index (κ2) is 36.1. The molecule has 0 radical (unpaired) electrons. The van der Waals surface area contributed by atoms with Gasteiger partial charge in [-0.15, -0.1) is 0 Å². The zero-order valence-corrected chi connectivity index (χ0v) is 39.4. The van der Waals surface area contributed by atoms with Gasteiger partial charge in [0.15, 0.2) is 6.10 Å². The molecule has 0 aromatic heterocycles. The molecule has 0 aromatic rings. The number of halogens is 2. The maximum atomic E-state index is 12.7. The lowest BCUT2D eigenvalue weighted by molar-refractivity contribution is -0.870. The molecule has 0 bridgehead atoms. The fourth-order valence-electron chi connectivity index (χ4n) is 6.17. The van der Waals surface area contributed by atoms with E-state index < -0.39 is 26.5 Å². The fourth-order valence-corrected chi connectivity index (χ4v) is 8.09. The molecule has 0 amide bonds. The molecular weight excluding hydrogens is 837 g/mol. The highest BCUT2D eigenvalue weighted by Crippen LogP contribution is 2.43. The number of esters is 2. The number of ether oxygens (including phenoxy) is 2. The molecule has 3 unspecified atom stereocenters. The standard InChI is InChI=1S/C42H82Br2NO8P/c1-6-8-10-12-14-15-16-17-18-19-20-24-29-33-42(47)53-38(37-52-54(48,49)51-35-34-45(3,4)5)36-50-41(46)32-28-25-21-23-27-31-40(44)39(43)30-26-22-13-11-9-7-2/h38-40H,6-37H2,1-5H3/p+1/t38-,39?,40?/m1/s1. The Hall–Kier alpha value is -0.0300. The highest BCUT2D eigenvalue weighted by molar-refractivity contribution is 9.12. The molecule has 4 atom stereocenters. The number of nitrogens with zero attached hydrogens (tertiary/aromatic N) is 1. The molecular formula is C42H83Br2NO8P+. The molecule has 0 aliphatic heterocycles. The molecule has 322 valence electrons. The van der Waals surface area contributed by atoms with Crippen molar-refractivity contribution in [1.29, 1.82) is 0 Å². The number of likely N-dealkylation sites (N-methyl/N-ethyl adjacent to an activating group) is 1. The van der Waals surface area contributed by atoms with E-state index in [9.17, 15) is 19.0 Å². The Labute approximate surface area is 349 Å². The monoisotopic (exact) mass is 918 g/mol. The highest BCUT2D eigenvalue weighted by atomic mass is 79.9. The van der Waals surface area contributed by atoms with Crippen LogP contribution in [0.4, 0.5) is 0 Å². The average molecular weight is 921 g/mol. The number of phosphoric acid groups is 1. The molecule has 0 rings (SSSR count). The van der Waals surface area contributed by atoms with Crippen molar-refractivity contribution in [3.8, 4) is 0 Å². The molecule has 0 heterocycles. The summed E-state index contributed by atoms with van der Waals surface area (Å²) in [6.07, 6.45) is 30.6. The van der Waals surface area contributed by atoms with Gasteiger partial charge >= 0.3 is 19.8 Å². The Balaban J connectivity index is 4.44. The SMILES string of the molecule is CCCCCCCCCCCCCCCC(=O)O[C@H](COC(=O)CCCCCCCC(Br)C(Br)CCCCCCCC)COP(=O)(O)OCC[N+](C)(C)C. The zero-order chi connectivity index (χ0) is 40.3. The summed E-state index contributed by atoms with van der Waals surface area (Å²) in [5.74, 6) is -0.808. The summed E-state index contributed by atoms with van der Waals surface area (Å²) >= 11 is 7.75. The van der Waals surface area contributed by atoms with Gasteiger partial charge in [-0.25, -0.2) is 4.57 Å². The maximum absolute atomic E-state index is 12.7. The van der Waals surface area contributed by atoms with Crippen LogP contribution in [-0.2, 0) is 32.7 Å². The Bertz CT molecular complexity index is 938. The molecule has 0 saturated carbocycles. The molecule has 0 spiro atoms. The number of unbranched alkanes of at least 4 members (excludes halogenated alkanes) is 21. The lowest BCUT2D eigenvalue weighted by Crippen LogP contribution is -2.37. The first-order valence-electron chi connectivity index (χ1n) is 21.8. The van der Waals surface area contributed by atoms with Crippen LogP contribution in [0.25, 0.3) is 0 Å².